The Morgan fingerprint density at radius 1 is 1.12 bits per heavy atom. The zero-order chi connectivity index (χ0) is 11.5. The summed E-state index contributed by atoms with van der Waals surface area (Å²) in [6.07, 6.45) is 10.1. The van der Waals surface area contributed by atoms with Gasteiger partial charge < -0.3 is 10.2 Å². The second-order valence-electron chi connectivity index (χ2n) is 5.22. The summed E-state index contributed by atoms with van der Waals surface area (Å²) >= 11 is 1.76. The van der Waals surface area contributed by atoms with Crippen LogP contribution in [0.15, 0.2) is 11.6 Å². The number of hydrogen-bond donors (Lipinski definition) is 1. The molecule has 2 heterocycles. The third kappa shape index (κ3) is 2.80. The van der Waals surface area contributed by atoms with E-state index in [1.165, 1.54) is 43.7 Å². The van der Waals surface area contributed by atoms with Crippen LogP contribution in [-0.2, 0) is 0 Å². The van der Waals surface area contributed by atoms with Gasteiger partial charge in [0.2, 0.25) is 0 Å². The summed E-state index contributed by atoms with van der Waals surface area (Å²) in [7, 11) is 0. The second kappa shape index (κ2) is 5.36. The maximum atomic E-state index is 4.39. The number of thiazole rings is 1. The van der Waals surface area contributed by atoms with Gasteiger partial charge in [-0.25, -0.2) is 4.98 Å². The predicted molar refractivity (Wildman–Crippen MR) is 72.7 cm³/mol. The van der Waals surface area contributed by atoms with Crippen LogP contribution in [-0.4, -0.2) is 30.2 Å². The Hall–Kier alpha value is -0.610. The monoisotopic (exact) mass is 251 g/mol. The van der Waals surface area contributed by atoms with Gasteiger partial charge in [0, 0.05) is 36.8 Å². The zero-order valence-electron chi connectivity index (χ0n) is 10.3. The summed E-state index contributed by atoms with van der Waals surface area (Å²) in [5, 5.41) is 7.11. The largest absolute Gasteiger partial charge is 0.348 e. The molecule has 0 bridgehead atoms. The molecule has 4 heteroatoms. The average molecular weight is 251 g/mol. The van der Waals surface area contributed by atoms with Crippen LogP contribution in [0.5, 0.6) is 0 Å². The summed E-state index contributed by atoms with van der Waals surface area (Å²) in [5.74, 6) is 0. The Labute approximate surface area is 107 Å². The minimum absolute atomic E-state index is 0.745. The molecule has 1 N–H and O–H groups in total. The third-order valence-corrected chi connectivity index (χ3v) is 4.84. The Morgan fingerprint density at radius 3 is 2.47 bits per heavy atom. The standard InChI is InChI=1S/C13H21N3S/c1-2-4-11(3-1)15-12-5-8-16(9-6-12)13-14-7-10-17-13/h7,10-12,15H,1-6,8-9H2. The van der Waals surface area contributed by atoms with Crippen molar-refractivity contribution in [1.29, 1.82) is 0 Å². The van der Waals surface area contributed by atoms with E-state index in [-0.39, 0.29) is 0 Å². The van der Waals surface area contributed by atoms with E-state index >= 15 is 0 Å². The van der Waals surface area contributed by atoms with E-state index in [0.717, 1.165) is 25.2 Å². The van der Waals surface area contributed by atoms with Crippen molar-refractivity contribution < 1.29 is 0 Å². The highest BCUT2D eigenvalue weighted by Gasteiger charge is 2.24. The molecular weight excluding hydrogens is 230 g/mol. The van der Waals surface area contributed by atoms with Crippen LogP contribution in [0.25, 0.3) is 0 Å². The zero-order valence-corrected chi connectivity index (χ0v) is 11.1. The van der Waals surface area contributed by atoms with Crippen molar-refractivity contribution in [3.05, 3.63) is 11.6 Å². The van der Waals surface area contributed by atoms with E-state index in [1.807, 2.05) is 6.20 Å². The molecular formula is C13H21N3S. The van der Waals surface area contributed by atoms with Crippen LogP contribution in [0, 0.1) is 0 Å². The fourth-order valence-electron chi connectivity index (χ4n) is 3.04. The highest BCUT2D eigenvalue weighted by atomic mass is 32.1. The Morgan fingerprint density at radius 2 is 1.82 bits per heavy atom. The van der Waals surface area contributed by atoms with Gasteiger partial charge in [0.25, 0.3) is 0 Å². The molecule has 0 radical (unpaired) electrons. The van der Waals surface area contributed by atoms with Gasteiger partial charge in [-0.05, 0) is 25.7 Å². The molecule has 1 aromatic heterocycles. The van der Waals surface area contributed by atoms with Crippen LogP contribution >= 0.6 is 11.3 Å². The average Bonchev–Trinajstić information content (AvgIpc) is 3.01. The molecule has 1 aliphatic carbocycles. The highest BCUT2D eigenvalue weighted by Crippen LogP contribution is 2.24. The number of aromatic nitrogens is 1. The van der Waals surface area contributed by atoms with Gasteiger partial charge >= 0.3 is 0 Å². The van der Waals surface area contributed by atoms with Gasteiger partial charge in [0.1, 0.15) is 0 Å². The molecule has 0 atom stereocenters. The lowest BCUT2D eigenvalue weighted by Gasteiger charge is -2.33. The first-order valence-corrected chi connectivity index (χ1v) is 7.70. The van der Waals surface area contributed by atoms with Gasteiger partial charge in [-0.2, -0.15) is 0 Å². The van der Waals surface area contributed by atoms with Gasteiger partial charge in [-0.15, -0.1) is 11.3 Å². The van der Waals surface area contributed by atoms with Crippen molar-refractivity contribution in [3.8, 4) is 0 Å². The van der Waals surface area contributed by atoms with E-state index in [1.54, 1.807) is 11.3 Å². The Kier molecular flexibility index (Phi) is 3.62. The highest BCUT2D eigenvalue weighted by molar-refractivity contribution is 7.13. The Balaban J connectivity index is 1.47. The third-order valence-electron chi connectivity index (χ3n) is 4.01. The predicted octanol–water partition coefficient (Wildman–Crippen LogP) is 2.64. The minimum atomic E-state index is 0.745. The second-order valence-corrected chi connectivity index (χ2v) is 6.10. The summed E-state index contributed by atoms with van der Waals surface area (Å²) in [4.78, 5) is 6.82. The molecule has 17 heavy (non-hydrogen) atoms. The molecule has 1 saturated heterocycles. The van der Waals surface area contributed by atoms with Gasteiger partial charge in [-0.3, -0.25) is 0 Å². The maximum absolute atomic E-state index is 4.39. The summed E-state index contributed by atoms with van der Waals surface area (Å²) < 4.78 is 0. The molecule has 0 amide bonds. The summed E-state index contributed by atoms with van der Waals surface area (Å²) in [6.45, 7) is 2.33. The smallest absolute Gasteiger partial charge is 0.185 e. The first-order valence-electron chi connectivity index (χ1n) is 6.82. The quantitative estimate of drug-likeness (QED) is 0.895. The molecule has 3 rings (SSSR count). The van der Waals surface area contributed by atoms with Crippen LogP contribution < -0.4 is 10.2 Å². The molecule has 2 aliphatic rings. The molecule has 94 valence electrons. The minimum Gasteiger partial charge on any atom is -0.348 e. The van der Waals surface area contributed by atoms with Crippen molar-refractivity contribution in [2.24, 2.45) is 0 Å². The van der Waals surface area contributed by atoms with Crippen LogP contribution in [0.4, 0.5) is 5.13 Å². The van der Waals surface area contributed by atoms with Gasteiger partial charge in [0.05, 0.1) is 0 Å². The van der Waals surface area contributed by atoms with E-state index in [2.05, 4.69) is 20.6 Å². The SMILES string of the molecule is c1csc(N2CCC(NC3CCCC3)CC2)n1. The lowest BCUT2D eigenvalue weighted by Crippen LogP contribution is -2.45. The van der Waals surface area contributed by atoms with Crippen molar-refractivity contribution in [2.45, 2.75) is 50.6 Å². The molecule has 3 nitrogen and oxygen atoms in total. The van der Waals surface area contributed by atoms with Gasteiger partial charge in [0.15, 0.2) is 5.13 Å². The molecule has 1 aliphatic heterocycles. The van der Waals surface area contributed by atoms with E-state index in [0.29, 0.717) is 0 Å². The first-order chi connectivity index (χ1) is 8.42. The number of hydrogen-bond acceptors (Lipinski definition) is 4. The molecule has 2 fully saturated rings. The molecule has 0 spiro atoms. The van der Waals surface area contributed by atoms with Crippen LogP contribution in [0.3, 0.4) is 0 Å². The molecule has 0 aromatic carbocycles. The number of nitrogens with one attached hydrogen (secondary N) is 1. The van der Waals surface area contributed by atoms with Crippen LogP contribution in [0.1, 0.15) is 38.5 Å². The number of anilines is 1. The summed E-state index contributed by atoms with van der Waals surface area (Å²) in [5.41, 5.74) is 0. The van der Waals surface area contributed by atoms with Gasteiger partial charge in [-0.1, -0.05) is 12.8 Å². The normalized spacial score (nSPS) is 23.4. The van der Waals surface area contributed by atoms with Crippen molar-refractivity contribution >= 4 is 16.5 Å². The van der Waals surface area contributed by atoms with Crippen molar-refractivity contribution in [2.75, 3.05) is 18.0 Å². The molecule has 1 saturated carbocycles. The summed E-state index contributed by atoms with van der Waals surface area (Å²) in [6, 6.07) is 1.56. The van der Waals surface area contributed by atoms with E-state index in [4.69, 9.17) is 0 Å². The maximum Gasteiger partial charge on any atom is 0.185 e. The fourth-order valence-corrected chi connectivity index (χ4v) is 3.73. The van der Waals surface area contributed by atoms with E-state index in [9.17, 15) is 0 Å². The number of piperidine rings is 1. The first kappa shape index (κ1) is 11.5. The topological polar surface area (TPSA) is 28.2 Å². The number of rotatable bonds is 3. The fraction of sp³-hybridized carbons (Fsp3) is 0.769. The molecule has 1 aromatic rings. The van der Waals surface area contributed by atoms with Crippen molar-refractivity contribution in [1.82, 2.24) is 10.3 Å². The lowest BCUT2D eigenvalue weighted by molar-refractivity contribution is 0.367. The Bertz CT molecular complexity index is 324. The van der Waals surface area contributed by atoms with Crippen LogP contribution in [0.2, 0.25) is 0 Å². The number of nitrogens with zero attached hydrogens (tertiary/aromatic N) is 2. The molecule has 0 unspecified atom stereocenters. The van der Waals surface area contributed by atoms with Crippen molar-refractivity contribution in [3.63, 3.8) is 0 Å². The lowest BCUT2D eigenvalue weighted by atomic mass is 10.0. The van der Waals surface area contributed by atoms with E-state index < -0.39 is 0 Å².